The molecule has 3 N–H and O–H groups in total. The van der Waals surface area contributed by atoms with E-state index in [-0.39, 0.29) is 24.7 Å². The summed E-state index contributed by atoms with van der Waals surface area (Å²) in [6, 6.07) is 0. The Bertz CT molecular complexity index is 361. The molecule has 0 radical (unpaired) electrons. The Kier molecular flexibility index (Phi) is 3.03. The predicted octanol–water partition coefficient (Wildman–Crippen LogP) is -0.708. The summed E-state index contributed by atoms with van der Waals surface area (Å²) >= 11 is 0. The minimum absolute atomic E-state index is 0.00361. The molecule has 2 heterocycles. The van der Waals surface area contributed by atoms with Gasteiger partial charge < -0.3 is 15.6 Å². The molecule has 0 spiro atoms. The lowest BCUT2D eigenvalue weighted by atomic mass is 9.69. The van der Waals surface area contributed by atoms with Crippen molar-refractivity contribution in [2.75, 3.05) is 31.3 Å². The van der Waals surface area contributed by atoms with Crippen LogP contribution in [0, 0.1) is 5.41 Å². The van der Waals surface area contributed by atoms with Crippen LogP contribution in [0.15, 0.2) is 0 Å². The summed E-state index contributed by atoms with van der Waals surface area (Å²) in [7, 11) is -3.05. The van der Waals surface area contributed by atoms with Gasteiger partial charge in [0.1, 0.15) is 0 Å². The fraction of sp³-hybridized carbons (Fsp3) is 1.00. The highest BCUT2D eigenvalue weighted by molar-refractivity contribution is 7.91. The molecular weight excluding hydrogens is 230 g/mol. The molecule has 2 saturated heterocycles. The molecule has 5 nitrogen and oxygen atoms in total. The second-order valence-corrected chi connectivity index (χ2v) is 7.20. The Morgan fingerprint density at radius 3 is 2.56 bits per heavy atom. The number of hydrogen-bond donors (Lipinski definition) is 2. The SMILES string of the molecule is NCC1(C2(O)CCCOC2)CCS(=O)(=O)C1. The van der Waals surface area contributed by atoms with Crippen LogP contribution in [-0.4, -0.2) is 50.4 Å². The third kappa shape index (κ3) is 1.88. The van der Waals surface area contributed by atoms with Gasteiger partial charge >= 0.3 is 0 Å². The zero-order chi connectivity index (χ0) is 11.9. The van der Waals surface area contributed by atoms with Crippen LogP contribution in [0.3, 0.4) is 0 Å². The Morgan fingerprint density at radius 2 is 2.12 bits per heavy atom. The average molecular weight is 249 g/mol. The van der Waals surface area contributed by atoms with Gasteiger partial charge in [0.2, 0.25) is 0 Å². The standard InChI is InChI=1S/C10H19NO4S/c11-6-9(3-5-16(13,14)8-9)10(12)2-1-4-15-7-10/h12H,1-8,11H2. The van der Waals surface area contributed by atoms with Gasteiger partial charge in [-0.05, 0) is 19.3 Å². The van der Waals surface area contributed by atoms with Crippen LogP contribution >= 0.6 is 0 Å². The van der Waals surface area contributed by atoms with E-state index < -0.39 is 20.9 Å². The van der Waals surface area contributed by atoms with E-state index in [1.54, 1.807) is 0 Å². The summed E-state index contributed by atoms with van der Waals surface area (Å²) in [5.41, 5.74) is 3.96. The summed E-state index contributed by atoms with van der Waals surface area (Å²) < 4.78 is 28.5. The molecule has 6 heteroatoms. The molecule has 2 fully saturated rings. The van der Waals surface area contributed by atoms with Gasteiger partial charge in [-0.25, -0.2) is 8.42 Å². The molecular formula is C10H19NO4S. The van der Waals surface area contributed by atoms with E-state index in [2.05, 4.69) is 0 Å². The van der Waals surface area contributed by atoms with Gasteiger partial charge in [0.15, 0.2) is 9.84 Å². The largest absolute Gasteiger partial charge is 0.387 e. The normalized spacial score (nSPS) is 43.4. The fourth-order valence-corrected chi connectivity index (χ4v) is 5.05. The Morgan fingerprint density at radius 1 is 1.38 bits per heavy atom. The smallest absolute Gasteiger partial charge is 0.151 e. The molecule has 2 unspecified atom stereocenters. The van der Waals surface area contributed by atoms with Crippen LogP contribution in [0.1, 0.15) is 19.3 Å². The second-order valence-electron chi connectivity index (χ2n) is 5.01. The van der Waals surface area contributed by atoms with Crippen molar-refractivity contribution >= 4 is 9.84 Å². The summed E-state index contributed by atoms with van der Waals surface area (Å²) in [6.45, 7) is 1.04. The topological polar surface area (TPSA) is 89.6 Å². The van der Waals surface area contributed by atoms with Crippen molar-refractivity contribution in [1.82, 2.24) is 0 Å². The molecule has 2 atom stereocenters. The first-order chi connectivity index (χ1) is 7.43. The van der Waals surface area contributed by atoms with E-state index in [9.17, 15) is 13.5 Å². The van der Waals surface area contributed by atoms with Crippen LogP contribution in [0.5, 0.6) is 0 Å². The van der Waals surface area contributed by atoms with Crippen molar-refractivity contribution in [1.29, 1.82) is 0 Å². The second kappa shape index (κ2) is 3.94. The number of sulfone groups is 1. The Labute approximate surface area is 95.9 Å². The molecule has 0 bridgehead atoms. The molecule has 2 aliphatic heterocycles. The average Bonchev–Trinajstić information content (AvgIpc) is 2.57. The van der Waals surface area contributed by atoms with Gasteiger partial charge in [-0.1, -0.05) is 0 Å². The van der Waals surface area contributed by atoms with Crippen LogP contribution in [0.25, 0.3) is 0 Å². The number of aliphatic hydroxyl groups is 1. The first-order valence-electron chi connectivity index (χ1n) is 5.64. The summed E-state index contributed by atoms with van der Waals surface area (Å²) in [5.74, 6) is 0.128. The molecule has 16 heavy (non-hydrogen) atoms. The molecule has 0 aliphatic carbocycles. The molecule has 94 valence electrons. The number of ether oxygens (including phenoxy) is 1. The van der Waals surface area contributed by atoms with Crippen molar-refractivity contribution in [3.05, 3.63) is 0 Å². The first-order valence-corrected chi connectivity index (χ1v) is 7.46. The lowest BCUT2D eigenvalue weighted by Gasteiger charge is -2.45. The summed E-state index contributed by atoms with van der Waals surface area (Å²) in [4.78, 5) is 0. The minimum atomic E-state index is -3.05. The zero-order valence-electron chi connectivity index (χ0n) is 9.31. The summed E-state index contributed by atoms with van der Waals surface area (Å²) in [5, 5.41) is 10.6. The van der Waals surface area contributed by atoms with E-state index >= 15 is 0 Å². The van der Waals surface area contributed by atoms with E-state index in [0.29, 0.717) is 19.4 Å². The lowest BCUT2D eigenvalue weighted by Crippen LogP contribution is -2.57. The van der Waals surface area contributed by atoms with Crippen molar-refractivity contribution in [2.24, 2.45) is 11.1 Å². The quantitative estimate of drug-likeness (QED) is 0.675. The highest BCUT2D eigenvalue weighted by atomic mass is 32.2. The highest BCUT2D eigenvalue weighted by Crippen LogP contribution is 2.45. The lowest BCUT2D eigenvalue weighted by molar-refractivity contribution is -0.150. The van der Waals surface area contributed by atoms with Crippen LogP contribution in [-0.2, 0) is 14.6 Å². The maximum Gasteiger partial charge on any atom is 0.151 e. The van der Waals surface area contributed by atoms with Gasteiger partial charge in [-0.3, -0.25) is 0 Å². The van der Waals surface area contributed by atoms with Gasteiger partial charge in [-0.15, -0.1) is 0 Å². The van der Waals surface area contributed by atoms with Crippen molar-refractivity contribution in [2.45, 2.75) is 24.9 Å². The number of rotatable bonds is 2. The van der Waals surface area contributed by atoms with Crippen LogP contribution < -0.4 is 5.73 Å². The minimum Gasteiger partial charge on any atom is -0.387 e. The predicted molar refractivity (Wildman–Crippen MR) is 59.8 cm³/mol. The third-order valence-electron chi connectivity index (χ3n) is 3.99. The highest BCUT2D eigenvalue weighted by Gasteiger charge is 2.55. The fourth-order valence-electron chi connectivity index (χ4n) is 2.83. The van der Waals surface area contributed by atoms with E-state index in [4.69, 9.17) is 10.5 Å². The Hall–Kier alpha value is -0.170. The van der Waals surface area contributed by atoms with Gasteiger partial charge in [0.05, 0.1) is 23.7 Å². The van der Waals surface area contributed by atoms with Crippen molar-refractivity contribution < 1.29 is 18.3 Å². The van der Waals surface area contributed by atoms with Crippen molar-refractivity contribution in [3.63, 3.8) is 0 Å². The maximum atomic E-state index is 11.6. The first kappa shape index (κ1) is 12.3. The molecule has 0 aromatic rings. The molecule has 0 amide bonds. The van der Waals surface area contributed by atoms with Gasteiger partial charge in [0.25, 0.3) is 0 Å². The van der Waals surface area contributed by atoms with E-state index in [0.717, 1.165) is 6.42 Å². The molecule has 0 aromatic heterocycles. The van der Waals surface area contributed by atoms with Crippen LogP contribution in [0.2, 0.25) is 0 Å². The van der Waals surface area contributed by atoms with Gasteiger partial charge in [-0.2, -0.15) is 0 Å². The van der Waals surface area contributed by atoms with E-state index in [1.807, 2.05) is 0 Å². The molecule has 2 aliphatic rings. The number of hydrogen-bond acceptors (Lipinski definition) is 5. The van der Waals surface area contributed by atoms with Crippen molar-refractivity contribution in [3.8, 4) is 0 Å². The monoisotopic (exact) mass is 249 g/mol. The van der Waals surface area contributed by atoms with E-state index in [1.165, 1.54) is 0 Å². The molecule has 2 rings (SSSR count). The number of nitrogens with two attached hydrogens (primary N) is 1. The van der Waals surface area contributed by atoms with Crippen LogP contribution in [0.4, 0.5) is 0 Å². The molecule has 0 aromatic carbocycles. The van der Waals surface area contributed by atoms with Gasteiger partial charge in [0, 0.05) is 18.6 Å². The summed E-state index contributed by atoms with van der Waals surface area (Å²) in [6.07, 6.45) is 1.80. The third-order valence-corrected chi connectivity index (χ3v) is 5.80. The maximum absolute atomic E-state index is 11.6. The Balaban J connectivity index is 2.28. The zero-order valence-corrected chi connectivity index (χ0v) is 10.1. The molecule has 0 saturated carbocycles.